The van der Waals surface area contributed by atoms with Gasteiger partial charge in [-0.3, -0.25) is 0 Å². The van der Waals surface area contributed by atoms with Gasteiger partial charge in [0.05, 0.1) is 13.2 Å². The second kappa shape index (κ2) is 5.36. The van der Waals surface area contributed by atoms with Gasteiger partial charge in [-0.25, -0.2) is 4.98 Å². The van der Waals surface area contributed by atoms with Crippen LogP contribution in [0.5, 0.6) is 5.88 Å². The second-order valence-electron chi connectivity index (χ2n) is 4.52. The molecule has 2 aromatic rings. The van der Waals surface area contributed by atoms with Crippen LogP contribution in [0.3, 0.4) is 0 Å². The van der Waals surface area contributed by atoms with Gasteiger partial charge in [-0.05, 0) is 31.5 Å². The maximum absolute atomic E-state index is 5.33. The molecule has 0 aliphatic carbocycles. The first-order valence-electron chi connectivity index (χ1n) is 6.45. The third-order valence-electron chi connectivity index (χ3n) is 3.26. The highest BCUT2D eigenvalue weighted by atomic mass is 16.5. The SMILES string of the molecule is COc1ncccc1-c1nc(C2CCCCN2)no1. The fourth-order valence-electron chi connectivity index (χ4n) is 2.27. The van der Waals surface area contributed by atoms with Crippen molar-refractivity contribution in [3.8, 4) is 17.3 Å². The molecule has 6 heteroatoms. The molecule has 19 heavy (non-hydrogen) atoms. The van der Waals surface area contributed by atoms with Crippen molar-refractivity contribution in [1.29, 1.82) is 0 Å². The predicted molar refractivity (Wildman–Crippen MR) is 68.7 cm³/mol. The van der Waals surface area contributed by atoms with Crippen molar-refractivity contribution in [1.82, 2.24) is 20.4 Å². The number of nitrogens with zero attached hydrogens (tertiary/aromatic N) is 3. The summed E-state index contributed by atoms with van der Waals surface area (Å²) in [6.45, 7) is 1.00. The Balaban J connectivity index is 1.88. The molecule has 1 aliphatic heterocycles. The smallest absolute Gasteiger partial charge is 0.263 e. The molecule has 1 unspecified atom stereocenters. The van der Waals surface area contributed by atoms with Gasteiger partial charge < -0.3 is 14.6 Å². The van der Waals surface area contributed by atoms with E-state index in [-0.39, 0.29) is 6.04 Å². The Morgan fingerprint density at radius 2 is 2.37 bits per heavy atom. The van der Waals surface area contributed by atoms with Gasteiger partial charge in [-0.1, -0.05) is 11.6 Å². The molecule has 100 valence electrons. The van der Waals surface area contributed by atoms with E-state index in [4.69, 9.17) is 9.26 Å². The number of hydrogen-bond donors (Lipinski definition) is 1. The number of piperidine rings is 1. The fourth-order valence-corrected chi connectivity index (χ4v) is 2.27. The molecular weight excluding hydrogens is 244 g/mol. The zero-order valence-electron chi connectivity index (χ0n) is 10.8. The highest BCUT2D eigenvalue weighted by molar-refractivity contribution is 5.59. The lowest BCUT2D eigenvalue weighted by atomic mass is 10.0. The van der Waals surface area contributed by atoms with E-state index in [2.05, 4.69) is 20.4 Å². The fraction of sp³-hybridized carbons (Fsp3) is 0.462. The minimum absolute atomic E-state index is 0.189. The number of methoxy groups -OCH3 is 1. The number of rotatable bonds is 3. The second-order valence-corrected chi connectivity index (χ2v) is 4.52. The van der Waals surface area contributed by atoms with E-state index in [0.29, 0.717) is 17.6 Å². The van der Waals surface area contributed by atoms with Crippen LogP contribution < -0.4 is 10.1 Å². The van der Waals surface area contributed by atoms with Gasteiger partial charge in [-0.2, -0.15) is 4.98 Å². The number of ether oxygens (including phenoxy) is 1. The third-order valence-corrected chi connectivity index (χ3v) is 3.26. The van der Waals surface area contributed by atoms with Crippen LogP contribution in [0.2, 0.25) is 0 Å². The van der Waals surface area contributed by atoms with Crippen LogP contribution in [0.15, 0.2) is 22.9 Å². The van der Waals surface area contributed by atoms with Crippen LogP contribution in [0.1, 0.15) is 31.1 Å². The molecule has 3 heterocycles. The Morgan fingerprint density at radius 3 is 3.16 bits per heavy atom. The molecule has 3 rings (SSSR count). The monoisotopic (exact) mass is 260 g/mol. The molecule has 1 atom stereocenters. The summed E-state index contributed by atoms with van der Waals surface area (Å²) < 4.78 is 10.5. The molecule has 1 fully saturated rings. The highest BCUT2D eigenvalue weighted by Crippen LogP contribution is 2.28. The summed E-state index contributed by atoms with van der Waals surface area (Å²) in [6.07, 6.45) is 5.11. The lowest BCUT2D eigenvalue weighted by Crippen LogP contribution is -2.27. The summed E-state index contributed by atoms with van der Waals surface area (Å²) in [6, 6.07) is 3.87. The molecule has 1 saturated heterocycles. The number of pyridine rings is 1. The standard InChI is InChI=1S/C13H16N4O2/c1-18-12-9(5-4-8-15-12)13-16-11(17-19-13)10-6-2-3-7-14-10/h4-5,8,10,14H,2-3,6-7H2,1H3. The van der Waals surface area contributed by atoms with Crippen LogP contribution >= 0.6 is 0 Å². The summed E-state index contributed by atoms with van der Waals surface area (Å²) in [7, 11) is 1.58. The molecule has 0 amide bonds. The van der Waals surface area contributed by atoms with Crippen LogP contribution in [0, 0.1) is 0 Å². The molecule has 0 bridgehead atoms. The zero-order valence-corrected chi connectivity index (χ0v) is 10.8. The average molecular weight is 260 g/mol. The van der Waals surface area contributed by atoms with E-state index < -0.39 is 0 Å². The Kier molecular flexibility index (Phi) is 3.41. The third kappa shape index (κ3) is 2.44. The van der Waals surface area contributed by atoms with Gasteiger partial charge in [0.1, 0.15) is 5.56 Å². The Morgan fingerprint density at radius 1 is 1.42 bits per heavy atom. The minimum atomic E-state index is 0.189. The van der Waals surface area contributed by atoms with E-state index >= 15 is 0 Å². The van der Waals surface area contributed by atoms with Gasteiger partial charge in [0.2, 0.25) is 5.88 Å². The van der Waals surface area contributed by atoms with E-state index in [1.165, 1.54) is 12.8 Å². The summed E-state index contributed by atoms with van der Waals surface area (Å²) in [5.74, 6) is 1.65. The molecular formula is C13H16N4O2. The van der Waals surface area contributed by atoms with Crippen LogP contribution in [0.4, 0.5) is 0 Å². The molecule has 0 aromatic carbocycles. The topological polar surface area (TPSA) is 73.1 Å². The molecule has 0 spiro atoms. The normalized spacial score (nSPS) is 19.3. The van der Waals surface area contributed by atoms with Crippen molar-refractivity contribution in [3.05, 3.63) is 24.2 Å². The lowest BCUT2D eigenvalue weighted by molar-refractivity contribution is 0.364. The van der Waals surface area contributed by atoms with Crippen LogP contribution in [-0.4, -0.2) is 28.8 Å². The predicted octanol–water partition coefficient (Wildman–Crippen LogP) is 1.95. The van der Waals surface area contributed by atoms with Crippen molar-refractivity contribution in [2.75, 3.05) is 13.7 Å². The summed E-state index contributed by atoms with van der Waals surface area (Å²) >= 11 is 0. The first-order chi connectivity index (χ1) is 9.38. The first kappa shape index (κ1) is 12.1. The minimum Gasteiger partial charge on any atom is -0.480 e. The summed E-state index contributed by atoms with van der Waals surface area (Å²) in [5, 5.41) is 7.46. The molecule has 1 aliphatic rings. The maximum Gasteiger partial charge on any atom is 0.263 e. The zero-order chi connectivity index (χ0) is 13.1. The summed E-state index contributed by atoms with van der Waals surface area (Å²) in [4.78, 5) is 8.58. The van der Waals surface area contributed by atoms with E-state index in [1.807, 2.05) is 12.1 Å². The molecule has 6 nitrogen and oxygen atoms in total. The first-order valence-corrected chi connectivity index (χ1v) is 6.45. The van der Waals surface area contributed by atoms with E-state index in [1.54, 1.807) is 13.3 Å². The Hall–Kier alpha value is -1.95. The molecule has 2 aromatic heterocycles. The van der Waals surface area contributed by atoms with Gasteiger partial charge in [0, 0.05) is 6.20 Å². The van der Waals surface area contributed by atoms with Gasteiger partial charge in [0.25, 0.3) is 5.89 Å². The Bertz CT molecular complexity index is 549. The molecule has 0 radical (unpaired) electrons. The Labute approximate surface area is 111 Å². The van der Waals surface area contributed by atoms with Crippen molar-refractivity contribution in [3.63, 3.8) is 0 Å². The van der Waals surface area contributed by atoms with Crippen molar-refractivity contribution in [2.24, 2.45) is 0 Å². The molecule has 1 N–H and O–H groups in total. The van der Waals surface area contributed by atoms with Crippen LogP contribution in [0.25, 0.3) is 11.5 Å². The lowest BCUT2D eigenvalue weighted by Gasteiger charge is -2.19. The quantitative estimate of drug-likeness (QED) is 0.909. The van der Waals surface area contributed by atoms with Gasteiger partial charge in [0.15, 0.2) is 5.82 Å². The van der Waals surface area contributed by atoms with Crippen molar-refractivity contribution in [2.45, 2.75) is 25.3 Å². The van der Waals surface area contributed by atoms with Gasteiger partial charge >= 0.3 is 0 Å². The van der Waals surface area contributed by atoms with Gasteiger partial charge in [-0.15, -0.1) is 0 Å². The van der Waals surface area contributed by atoms with Crippen molar-refractivity contribution >= 4 is 0 Å². The van der Waals surface area contributed by atoms with E-state index in [9.17, 15) is 0 Å². The average Bonchev–Trinajstić information content (AvgIpc) is 2.98. The van der Waals surface area contributed by atoms with Crippen LogP contribution in [-0.2, 0) is 0 Å². The maximum atomic E-state index is 5.33. The largest absolute Gasteiger partial charge is 0.480 e. The van der Waals surface area contributed by atoms with Crippen molar-refractivity contribution < 1.29 is 9.26 Å². The number of aromatic nitrogens is 3. The highest BCUT2D eigenvalue weighted by Gasteiger charge is 2.22. The van der Waals surface area contributed by atoms with E-state index in [0.717, 1.165) is 18.5 Å². The number of hydrogen-bond acceptors (Lipinski definition) is 6. The summed E-state index contributed by atoms with van der Waals surface area (Å²) in [5.41, 5.74) is 0.722. The molecule has 0 saturated carbocycles. The number of nitrogens with one attached hydrogen (secondary N) is 1.